The molecule has 90 valence electrons. The Hall–Kier alpha value is -0.340. The van der Waals surface area contributed by atoms with Gasteiger partial charge in [-0.2, -0.15) is 0 Å². The smallest absolute Gasteiger partial charge is 0.0115 e. The monoisotopic (exact) mass is 237 g/mol. The number of hydrogen-bond acceptors (Lipinski definition) is 2. The number of likely N-dealkylation sites (N-methyl/N-ethyl adjacent to an activating group) is 1. The van der Waals surface area contributed by atoms with E-state index in [9.17, 15) is 0 Å². The molecule has 0 spiro atoms. The lowest BCUT2D eigenvalue weighted by Gasteiger charge is -2.29. The van der Waals surface area contributed by atoms with E-state index in [0.29, 0.717) is 6.04 Å². The largest absolute Gasteiger partial charge is 0.317 e. The molecule has 1 aliphatic rings. The van der Waals surface area contributed by atoms with Crippen LogP contribution in [0.25, 0.3) is 0 Å². The first-order chi connectivity index (χ1) is 7.81. The van der Waals surface area contributed by atoms with Gasteiger partial charge < -0.3 is 5.32 Å². The number of rotatable bonds is 6. The second-order valence-corrected chi connectivity index (χ2v) is 6.20. The zero-order valence-corrected chi connectivity index (χ0v) is 11.3. The summed E-state index contributed by atoms with van der Waals surface area (Å²) in [7, 11) is 2.11. The minimum absolute atomic E-state index is 0.689. The minimum atomic E-state index is 0.689. The third-order valence-corrected chi connectivity index (χ3v) is 5.02. The summed E-state index contributed by atoms with van der Waals surface area (Å²) in [6.45, 7) is 2.24. The van der Waals surface area contributed by atoms with Crippen LogP contribution in [-0.2, 0) is 12.8 Å². The predicted octanol–water partition coefficient (Wildman–Crippen LogP) is 3.63. The molecule has 0 amide bonds. The minimum Gasteiger partial charge on any atom is -0.317 e. The van der Waals surface area contributed by atoms with Gasteiger partial charge in [0.25, 0.3) is 0 Å². The van der Waals surface area contributed by atoms with Crippen LogP contribution >= 0.6 is 11.3 Å². The van der Waals surface area contributed by atoms with Crippen molar-refractivity contribution < 1.29 is 0 Å². The summed E-state index contributed by atoms with van der Waals surface area (Å²) in [4.78, 5) is 3.07. The van der Waals surface area contributed by atoms with Crippen LogP contribution in [0.2, 0.25) is 0 Å². The van der Waals surface area contributed by atoms with Gasteiger partial charge in [-0.05, 0) is 44.4 Å². The highest BCUT2D eigenvalue weighted by atomic mass is 32.1. The highest BCUT2D eigenvalue weighted by Crippen LogP contribution is 2.31. The molecule has 0 radical (unpaired) electrons. The molecule has 1 heterocycles. The summed E-state index contributed by atoms with van der Waals surface area (Å²) in [6.07, 6.45) is 8.15. The summed E-state index contributed by atoms with van der Waals surface area (Å²) < 4.78 is 0. The lowest BCUT2D eigenvalue weighted by Crippen LogP contribution is -2.31. The zero-order chi connectivity index (χ0) is 11.4. The molecule has 1 N–H and O–H groups in total. The fourth-order valence-electron chi connectivity index (χ4n) is 2.40. The number of aryl methyl sites for hydroxylation is 1. The van der Waals surface area contributed by atoms with Gasteiger partial charge in [-0.1, -0.05) is 26.2 Å². The van der Waals surface area contributed by atoms with E-state index in [4.69, 9.17) is 0 Å². The van der Waals surface area contributed by atoms with Crippen LogP contribution < -0.4 is 5.32 Å². The van der Waals surface area contributed by atoms with Crippen molar-refractivity contribution in [3.8, 4) is 0 Å². The van der Waals surface area contributed by atoms with Crippen LogP contribution in [0.5, 0.6) is 0 Å². The van der Waals surface area contributed by atoms with Gasteiger partial charge in [0.05, 0.1) is 0 Å². The Kier molecular flexibility index (Phi) is 4.42. The summed E-state index contributed by atoms with van der Waals surface area (Å²) >= 11 is 1.99. The van der Waals surface area contributed by atoms with Crippen LogP contribution in [0.3, 0.4) is 0 Å². The molecule has 1 atom stereocenters. The van der Waals surface area contributed by atoms with Crippen molar-refractivity contribution in [2.45, 2.75) is 51.5 Å². The van der Waals surface area contributed by atoms with Crippen molar-refractivity contribution in [2.24, 2.45) is 5.92 Å². The van der Waals surface area contributed by atoms with Crippen LogP contribution in [0.15, 0.2) is 12.1 Å². The molecule has 1 nitrogen and oxygen atoms in total. The van der Waals surface area contributed by atoms with Crippen molar-refractivity contribution in [1.29, 1.82) is 0 Å². The van der Waals surface area contributed by atoms with Crippen molar-refractivity contribution in [1.82, 2.24) is 5.32 Å². The van der Waals surface area contributed by atoms with E-state index in [-0.39, 0.29) is 0 Å². The average molecular weight is 237 g/mol. The molecule has 0 aliphatic heterocycles. The number of hydrogen-bond donors (Lipinski definition) is 1. The standard InChI is InChI=1S/C14H23NS/c1-3-13-7-8-14(16-13)10-12(15-2)9-11-5-4-6-11/h7-8,11-12,15H,3-6,9-10H2,1-2H3. The van der Waals surface area contributed by atoms with Crippen LogP contribution in [0.4, 0.5) is 0 Å². The van der Waals surface area contributed by atoms with E-state index >= 15 is 0 Å². The van der Waals surface area contributed by atoms with Gasteiger partial charge in [0.1, 0.15) is 0 Å². The van der Waals surface area contributed by atoms with E-state index in [2.05, 4.69) is 31.4 Å². The van der Waals surface area contributed by atoms with Crippen molar-refractivity contribution in [3.05, 3.63) is 21.9 Å². The van der Waals surface area contributed by atoms with Gasteiger partial charge in [0.2, 0.25) is 0 Å². The first-order valence-electron chi connectivity index (χ1n) is 6.56. The first kappa shape index (κ1) is 12.1. The predicted molar refractivity (Wildman–Crippen MR) is 72.2 cm³/mol. The SMILES string of the molecule is CCc1ccc(CC(CC2CCC2)NC)s1. The summed E-state index contributed by atoms with van der Waals surface area (Å²) in [5.74, 6) is 1.00. The molecule has 2 rings (SSSR count). The Morgan fingerprint density at radius 3 is 2.62 bits per heavy atom. The van der Waals surface area contributed by atoms with Crippen molar-refractivity contribution >= 4 is 11.3 Å². The first-order valence-corrected chi connectivity index (χ1v) is 7.38. The molecule has 1 aromatic rings. The van der Waals surface area contributed by atoms with Crippen LogP contribution in [-0.4, -0.2) is 13.1 Å². The Morgan fingerprint density at radius 1 is 1.38 bits per heavy atom. The van der Waals surface area contributed by atoms with Gasteiger partial charge in [0, 0.05) is 15.8 Å². The molecule has 0 bridgehead atoms. The highest BCUT2D eigenvalue weighted by Gasteiger charge is 2.21. The van der Waals surface area contributed by atoms with E-state index in [1.54, 1.807) is 4.88 Å². The molecular weight excluding hydrogens is 214 g/mol. The zero-order valence-electron chi connectivity index (χ0n) is 10.5. The molecule has 2 heteroatoms. The van der Waals surface area contributed by atoms with Crippen LogP contribution in [0.1, 0.15) is 42.4 Å². The lowest BCUT2D eigenvalue weighted by molar-refractivity contribution is 0.264. The fraction of sp³-hybridized carbons (Fsp3) is 0.714. The Morgan fingerprint density at radius 2 is 2.12 bits per heavy atom. The Labute approximate surface area is 103 Å². The molecule has 1 saturated carbocycles. The Balaban J connectivity index is 1.84. The van der Waals surface area contributed by atoms with Gasteiger partial charge >= 0.3 is 0 Å². The third-order valence-electron chi connectivity index (χ3n) is 3.76. The molecule has 1 fully saturated rings. The normalized spacial score (nSPS) is 18.4. The molecule has 1 unspecified atom stereocenters. The maximum Gasteiger partial charge on any atom is 0.0115 e. The number of thiophene rings is 1. The van der Waals surface area contributed by atoms with E-state index < -0.39 is 0 Å². The topological polar surface area (TPSA) is 12.0 Å². The average Bonchev–Trinajstić information content (AvgIpc) is 2.69. The lowest BCUT2D eigenvalue weighted by atomic mass is 9.80. The maximum absolute atomic E-state index is 3.48. The van der Waals surface area contributed by atoms with Crippen molar-refractivity contribution in [2.75, 3.05) is 7.05 Å². The second-order valence-electron chi connectivity index (χ2n) is 4.94. The molecule has 16 heavy (non-hydrogen) atoms. The highest BCUT2D eigenvalue weighted by molar-refractivity contribution is 7.11. The van der Waals surface area contributed by atoms with E-state index in [1.807, 2.05) is 11.3 Å². The molecule has 0 aromatic carbocycles. The van der Waals surface area contributed by atoms with Crippen molar-refractivity contribution in [3.63, 3.8) is 0 Å². The summed E-state index contributed by atoms with van der Waals surface area (Å²) in [6, 6.07) is 5.29. The molecule has 0 saturated heterocycles. The van der Waals surface area contributed by atoms with Gasteiger partial charge in [-0.25, -0.2) is 0 Å². The maximum atomic E-state index is 3.48. The van der Waals surface area contributed by atoms with Gasteiger partial charge in [0.15, 0.2) is 0 Å². The Bertz CT molecular complexity index is 314. The van der Waals surface area contributed by atoms with Gasteiger partial charge in [-0.3, -0.25) is 0 Å². The second kappa shape index (κ2) is 5.83. The molecule has 1 aliphatic carbocycles. The fourth-order valence-corrected chi connectivity index (χ4v) is 3.44. The van der Waals surface area contributed by atoms with E-state index in [0.717, 1.165) is 5.92 Å². The molecule has 1 aromatic heterocycles. The summed E-state index contributed by atoms with van der Waals surface area (Å²) in [5, 5.41) is 3.48. The number of nitrogens with one attached hydrogen (secondary N) is 1. The van der Waals surface area contributed by atoms with Crippen LogP contribution in [0, 0.1) is 5.92 Å². The van der Waals surface area contributed by atoms with Gasteiger partial charge in [-0.15, -0.1) is 11.3 Å². The van der Waals surface area contributed by atoms with E-state index in [1.165, 1.54) is 43.4 Å². The summed E-state index contributed by atoms with van der Waals surface area (Å²) in [5.41, 5.74) is 0. The molecular formula is C14H23NS. The third kappa shape index (κ3) is 3.08. The quantitative estimate of drug-likeness (QED) is 0.796.